The van der Waals surface area contributed by atoms with E-state index in [9.17, 15) is 9.18 Å². The summed E-state index contributed by atoms with van der Waals surface area (Å²) in [4.78, 5) is 33.4. The number of imidazole rings is 1. The molecule has 1 amide bonds. The number of halogens is 1. The lowest BCUT2D eigenvalue weighted by Crippen LogP contribution is -2.11. The molecular formula is C28H23FN8O. The van der Waals surface area contributed by atoms with Gasteiger partial charge in [-0.3, -0.25) is 19.9 Å². The van der Waals surface area contributed by atoms with E-state index in [1.807, 2.05) is 25.1 Å². The van der Waals surface area contributed by atoms with Gasteiger partial charge in [0.05, 0.1) is 34.8 Å². The molecule has 3 N–H and O–H groups in total. The maximum atomic E-state index is 13.5. The van der Waals surface area contributed by atoms with E-state index in [4.69, 9.17) is 0 Å². The summed E-state index contributed by atoms with van der Waals surface area (Å²) >= 11 is 0. The van der Waals surface area contributed by atoms with Gasteiger partial charge in [-0.25, -0.2) is 14.4 Å². The van der Waals surface area contributed by atoms with E-state index >= 15 is 0 Å². The van der Waals surface area contributed by atoms with Crippen molar-refractivity contribution in [2.45, 2.75) is 26.2 Å². The Labute approximate surface area is 216 Å². The number of benzene rings is 1. The van der Waals surface area contributed by atoms with Crippen LogP contribution in [0.3, 0.4) is 0 Å². The van der Waals surface area contributed by atoms with Crippen molar-refractivity contribution in [3.05, 3.63) is 73.1 Å². The number of anilines is 1. The molecule has 38 heavy (non-hydrogen) atoms. The van der Waals surface area contributed by atoms with Crippen LogP contribution in [0.5, 0.6) is 0 Å². The molecule has 0 spiro atoms. The molecule has 0 aliphatic heterocycles. The first kappa shape index (κ1) is 23.4. The summed E-state index contributed by atoms with van der Waals surface area (Å²) < 4.78 is 13.5. The van der Waals surface area contributed by atoms with Crippen LogP contribution in [0, 0.1) is 5.82 Å². The maximum Gasteiger partial charge on any atom is 0.224 e. The zero-order chi connectivity index (χ0) is 26.1. The van der Waals surface area contributed by atoms with Crippen LogP contribution in [-0.4, -0.2) is 41.0 Å². The van der Waals surface area contributed by atoms with Crippen LogP contribution in [0.2, 0.25) is 0 Å². The minimum atomic E-state index is -0.295. The Balaban J connectivity index is 1.37. The monoisotopic (exact) mass is 506 g/mol. The molecule has 1 aromatic carbocycles. The van der Waals surface area contributed by atoms with E-state index in [2.05, 4.69) is 40.4 Å². The molecule has 0 aliphatic rings. The summed E-state index contributed by atoms with van der Waals surface area (Å²) in [6.07, 6.45) is 8.97. The van der Waals surface area contributed by atoms with Gasteiger partial charge in [0.25, 0.3) is 0 Å². The predicted molar refractivity (Wildman–Crippen MR) is 144 cm³/mol. The average molecular weight is 507 g/mol. The van der Waals surface area contributed by atoms with E-state index in [1.54, 1.807) is 36.9 Å². The molecule has 0 atom stereocenters. The van der Waals surface area contributed by atoms with Gasteiger partial charge in [-0.15, -0.1) is 0 Å². The van der Waals surface area contributed by atoms with Crippen LogP contribution in [0.1, 0.15) is 26.2 Å². The van der Waals surface area contributed by atoms with Crippen LogP contribution < -0.4 is 5.32 Å². The Morgan fingerprint density at radius 2 is 1.89 bits per heavy atom. The quantitative estimate of drug-likeness (QED) is 0.248. The summed E-state index contributed by atoms with van der Waals surface area (Å²) in [7, 11) is 0. The molecule has 5 aromatic heterocycles. The topological polar surface area (TPSA) is 125 Å². The number of aromatic nitrogens is 7. The molecule has 6 aromatic rings. The highest BCUT2D eigenvalue weighted by Crippen LogP contribution is 2.32. The lowest BCUT2D eigenvalue weighted by molar-refractivity contribution is -0.116. The highest BCUT2D eigenvalue weighted by atomic mass is 19.1. The third kappa shape index (κ3) is 4.47. The zero-order valence-corrected chi connectivity index (χ0v) is 20.5. The Morgan fingerprint density at radius 1 is 1.03 bits per heavy atom. The summed E-state index contributed by atoms with van der Waals surface area (Å²) in [5.41, 5.74) is 6.39. The number of hydrogen-bond donors (Lipinski definition) is 3. The Morgan fingerprint density at radius 3 is 2.74 bits per heavy atom. The smallest absolute Gasteiger partial charge is 0.224 e. The summed E-state index contributed by atoms with van der Waals surface area (Å²) in [6.45, 7) is 2.05. The number of nitrogens with one attached hydrogen (secondary N) is 3. The predicted octanol–water partition coefficient (Wildman–Crippen LogP) is 5.89. The van der Waals surface area contributed by atoms with Crippen molar-refractivity contribution in [1.82, 2.24) is 35.1 Å². The molecule has 9 nitrogen and oxygen atoms in total. The molecule has 6 rings (SSSR count). The van der Waals surface area contributed by atoms with Crippen molar-refractivity contribution in [2.24, 2.45) is 0 Å². The second-order valence-corrected chi connectivity index (χ2v) is 8.95. The number of H-pyrrole nitrogens is 2. The Kier molecular flexibility index (Phi) is 6.04. The molecule has 188 valence electrons. The highest BCUT2D eigenvalue weighted by Gasteiger charge is 2.17. The summed E-state index contributed by atoms with van der Waals surface area (Å²) in [5, 5.41) is 11.2. The number of nitrogens with zero attached hydrogens (tertiary/aromatic N) is 5. The molecule has 0 fully saturated rings. The lowest BCUT2D eigenvalue weighted by Gasteiger charge is -2.07. The van der Waals surface area contributed by atoms with Crippen LogP contribution in [-0.2, 0) is 4.79 Å². The highest BCUT2D eigenvalue weighted by molar-refractivity contribution is 5.97. The normalized spacial score (nSPS) is 11.3. The van der Waals surface area contributed by atoms with Crippen LogP contribution >= 0.6 is 0 Å². The van der Waals surface area contributed by atoms with Gasteiger partial charge < -0.3 is 10.3 Å². The van der Waals surface area contributed by atoms with Crippen molar-refractivity contribution >= 4 is 33.7 Å². The van der Waals surface area contributed by atoms with Gasteiger partial charge in [-0.2, -0.15) is 5.10 Å². The minimum Gasteiger partial charge on any atom is -0.335 e. The zero-order valence-electron chi connectivity index (χ0n) is 20.5. The van der Waals surface area contributed by atoms with Gasteiger partial charge in [0.2, 0.25) is 5.91 Å². The first-order valence-corrected chi connectivity index (χ1v) is 12.3. The van der Waals surface area contributed by atoms with Gasteiger partial charge >= 0.3 is 0 Å². The number of fused-ring (bicyclic) bond motifs is 2. The van der Waals surface area contributed by atoms with Crippen LogP contribution in [0.15, 0.2) is 67.3 Å². The van der Waals surface area contributed by atoms with Crippen molar-refractivity contribution in [2.75, 3.05) is 5.32 Å². The van der Waals surface area contributed by atoms with Crippen molar-refractivity contribution in [3.8, 4) is 33.9 Å². The second kappa shape index (κ2) is 9.81. The average Bonchev–Trinajstić information content (AvgIpc) is 3.56. The van der Waals surface area contributed by atoms with Crippen LogP contribution in [0.4, 0.5) is 10.1 Å². The fraction of sp³-hybridized carbons (Fsp3) is 0.143. The van der Waals surface area contributed by atoms with Gasteiger partial charge in [0.15, 0.2) is 11.5 Å². The van der Waals surface area contributed by atoms with Crippen molar-refractivity contribution in [3.63, 3.8) is 0 Å². The van der Waals surface area contributed by atoms with Crippen LogP contribution in [0.25, 0.3) is 56.0 Å². The fourth-order valence-electron chi connectivity index (χ4n) is 4.36. The summed E-state index contributed by atoms with van der Waals surface area (Å²) in [5.74, 6) is 0.210. The number of rotatable bonds is 7. The third-order valence-electron chi connectivity index (χ3n) is 6.29. The molecule has 0 aliphatic carbocycles. The number of carbonyl (C=O) groups excluding carboxylic acids is 1. The molecule has 0 unspecified atom stereocenters. The van der Waals surface area contributed by atoms with E-state index in [1.165, 1.54) is 12.1 Å². The number of aromatic amines is 2. The van der Waals surface area contributed by atoms with Gasteiger partial charge in [-0.1, -0.05) is 25.5 Å². The lowest BCUT2D eigenvalue weighted by atomic mass is 10.1. The molecule has 0 radical (unpaired) electrons. The van der Waals surface area contributed by atoms with Gasteiger partial charge in [0, 0.05) is 35.3 Å². The number of pyridine rings is 3. The maximum absolute atomic E-state index is 13.5. The molecule has 0 bridgehead atoms. The summed E-state index contributed by atoms with van der Waals surface area (Å²) in [6, 6.07) is 11.9. The molecular weight excluding hydrogens is 483 g/mol. The third-order valence-corrected chi connectivity index (χ3v) is 6.29. The Hall–Kier alpha value is -4.99. The minimum absolute atomic E-state index is 0.0372. The Bertz CT molecular complexity index is 1770. The number of amides is 1. The van der Waals surface area contributed by atoms with Crippen molar-refractivity contribution in [1.29, 1.82) is 0 Å². The molecule has 5 heterocycles. The first-order valence-electron chi connectivity index (χ1n) is 12.3. The van der Waals surface area contributed by atoms with Crippen molar-refractivity contribution < 1.29 is 9.18 Å². The largest absolute Gasteiger partial charge is 0.335 e. The van der Waals surface area contributed by atoms with E-state index in [-0.39, 0.29) is 11.7 Å². The second-order valence-electron chi connectivity index (χ2n) is 8.95. The molecule has 0 saturated carbocycles. The first-order chi connectivity index (χ1) is 18.6. The number of hydrogen-bond acceptors (Lipinski definition) is 6. The molecule has 0 saturated heterocycles. The number of unbranched alkanes of at least 4 members (excludes halogenated alkanes) is 1. The molecule has 10 heteroatoms. The van der Waals surface area contributed by atoms with Gasteiger partial charge in [0.1, 0.15) is 11.5 Å². The standard InChI is InChI=1S/C28H23FN8O/c1-2-3-4-24(38)33-19-11-17(13-30-14-19)22-12-21-23(15-32-22)36-37-26(21)28-34-25-20(9-10-31-27(25)35-28)16-5-7-18(29)8-6-16/h5-15H,2-4H2,1H3,(H,33,38)(H,36,37)(H,31,34,35). The van der Waals surface area contributed by atoms with E-state index in [0.29, 0.717) is 35.0 Å². The van der Waals surface area contributed by atoms with E-state index < -0.39 is 0 Å². The number of carbonyl (C=O) groups is 1. The van der Waals surface area contributed by atoms with E-state index in [0.717, 1.165) is 46.0 Å². The fourth-order valence-corrected chi connectivity index (χ4v) is 4.36. The van der Waals surface area contributed by atoms with Gasteiger partial charge in [-0.05, 0) is 42.3 Å². The SMILES string of the molecule is CCCCC(=O)Nc1cncc(-c2cc3c(-c4nc5nccc(-c6ccc(F)cc6)c5[nH]4)n[nH]c3cn2)c1.